The summed E-state index contributed by atoms with van der Waals surface area (Å²) in [6.45, 7) is 6.08. The first-order chi connectivity index (χ1) is 17.8. The van der Waals surface area contributed by atoms with E-state index in [9.17, 15) is 14.4 Å². The molecule has 8 nitrogen and oxygen atoms in total. The number of imide groups is 1. The zero-order chi connectivity index (χ0) is 26.2. The van der Waals surface area contributed by atoms with Gasteiger partial charge in [-0.3, -0.25) is 19.2 Å². The van der Waals surface area contributed by atoms with Crippen LogP contribution in [0.5, 0.6) is 0 Å². The van der Waals surface area contributed by atoms with E-state index >= 15 is 0 Å². The molecule has 0 spiro atoms. The van der Waals surface area contributed by atoms with Gasteiger partial charge in [0.1, 0.15) is 12.1 Å². The van der Waals surface area contributed by atoms with Gasteiger partial charge in [0.2, 0.25) is 5.91 Å². The SMILES string of the molecule is Cc1nn(Cc2ccccc2)c(C)c1CNC(=O)CN1C(=O)NC(C)(c2ccc3ccccc3c2)C1=O. The largest absolute Gasteiger partial charge is 0.350 e. The Morgan fingerprint density at radius 3 is 2.43 bits per heavy atom. The summed E-state index contributed by atoms with van der Waals surface area (Å²) in [7, 11) is 0. The molecule has 0 saturated carbocycles. The first kappa shape index (κ1) is 24.2. The molecule has 5 rings (SSSR count). The third-order valence-electron chi connectivity index (χ3n) is 7.07. The Balaban J connectivity index is 1.25. The highest BCUT2D eigenvalue weighted by Gasteiger charge is 2.49. The third kappa shape index (κ3) is 4.58. The summed E-state index contributed by atoms with van der Waals surface area (Å²) in [5.74, 6) is -0.869. The fraction of sp³-hybridized carbons (Fsp3) is 0.241. The maximum absolute atomic E-state index is 13.3. The number of hydrogen-bond acceptors (Lipinski definition) is 4. The van der Waals surface area contributed by atoms with Crippen LogP contribution in [0.2, 0.25) is 0 Å². The molecule has 0 bridgehead atoms. The highest BCUT2D eigenvalue weighted by molar-refractivity contribution is 6.09. The molecule has 1 aliphatic heterocycles. The van der Waals surface area contributed by atoms with Crippen molar-refractivity contribution in [2.75, 3.05) is 6.54 Å². The zero-order valence-corrected chi connectivity index (χ0v) is 21.1. The lowest BCUT2D eigenvalue weighted by Gasteiger charge is -2.22. The molecule has 188 valence electrons. The second-order valence-corrected chi connectivity index (χ2v) is 9.58. The van der Waals surface area contributed by atoms with Gasteiger partial charge in [-0.1, -0.05) is 66.7 Å². The molecule has 1 aliphatic rings. The number of rotatable bonds is 7. The van der Waals surface area contributed by atoms with Gasteiger partial charge in [-0.2, -0.15) is 5.10 Å². The summed E-state index contributed by atoms with van der Waals surface area (Å²) in [5.41, 5.74) is 3.27. The van der Waals surface area contributed by atoms with Crippen molar-refractivity contribution in [2.45, 2.75) is 39.4 Å². The number of urea groups is 1. The number of benzene rings is 3. The number of nitrogens with zero attached hydrogens (tertiary/aromatic N) is 3. The molecule has 8 heteroatoms. The summed E-state index contributed by atoms with van der Waals surface area (Å²) >= 11 is 0. The van der Waals surface area contributed by atoms with Gasteiger partial charge >= 0.3 is 6.03 Å². The summed E-state index contributed by atoms with van der Waals surface area (Å²) in [4.78, 5) is 39.8. The topological polar surface area (TPSA) is 96.3 Å². The summed E-state index contributed by atoms with van der Waals surface area (Å²) < 4.78 is 1.92. The van der Waals surface area contributed by atoms with Crippen molar-refractivity contribution >= 4 is 28.6 Å². The monoisotopic (exact) mass is 495 g/mol. The van der Waals surface area contributed by atoms with Gasteiger partial charge in [0, 0.05) is 17.8 Å². The van der Waals surface area contributed by atoms with E-state index in [1.54, 1.807) is 6.92 Å². The lowest BCUT2D eigenvalue weighted by atomic mass is 9.90. The van der Waals surface area contributed by atoms with Crippen LogP contribution in [0.4, 0.5) is 4.79 Å². The summed E-state index contributed by atoms with van der Waals surface area (Å²) in [6, 6.07) is 22.9. The maximum Gasteiger partial charge on any atom is 0.325 e. The zero-order valence-electron chi connectivity index (χ0n) is 21.1. The Morgan fingerprint density at radius 2 is 1.68 bits per heavy atom. The van der Waals surface area contributed by atoms with Crippen LogP contribution in [-0.4, -0.2) is 39.1 Å². The van der Waals surface area contributed by atoms with E-state index in [2.05, 4.69) is 15.7 Å². The van der Waals surface area contributed by atoms with Gasteiger partial charge in [-0.05, 0) is 48.7 Å². The molecule has 1 atom stereocenters. The number of aromatic nitrogens is 2. The molecule has 2 N–H and O–H groups in total. The van der Waals surface area contributed by atoms with Gasteiger partial charge in [-0.15, -0.1) is 0 Å². The van der Waals surface area contributed by atoms with E-state index < -0.39 is 23.4 Å². The molecule has 1 fully saturated rings. The predicted molar refractivity (Wildman–Crippen MR) is 141 cm³/mol. The molecule has 3 aromatic carbocycles. The molecule has 0 aliphatic carbocycles. The Morgan fingerprint density at radius 1 is 0.973 bits per heavy atom. The normalized spacial score (nSPS) is 17.3. The van der Waals surface area contributed by atoms with Crippen LogP contribution in [0.1, 0.15) is 35.0 Å². The van der Waals surface area contributed by atoms with Crippen LogP contribution >= 0.6 is 0 Å². The number of carbonyl (C=O) groups is 3. The van der Waals surface area contributed by atoms with Crippen LogP contribution in [0.15, 0.2) is 72.8 Å². The molecular weight excluding hydrogens is 466 g/mol. The van der Waals surface area contributed by atoms with Gasteiger partial charge < -0.3 is 10.6 Å². The smallest absolute Gasteiger partial charge is 0.325 e. The Hall–Kier alpha value is -4.46. The van der Waals surface area contributed by atoms with E-state index in [-0.39, 0.29) is 13.1 Å². The molecule has 4 amide bonds. The lowest BCUT2D eigenvalue weighted by molar-refractivity contribution is -0.134. The highest BCUT2D eigenvalue weighted by atomic mass is 16.2. The minimum absolute atomic E-state index is 0.261. The van der Waals surface area contributed by atoms with Crippen molar-refractivity contribution in [1.29, 1.82) is 0 Å². The third-order valence-corrected chi connectivity index (χ3v) is 7.07. The number of aryl methyl sites for hydroxylation is 1. The summed E-state index contributed by atoms with van der Waals surface area (Å²) in [6.07, 6.45) is 0. The van der Waals surface area contributed by atoms with Crippen molar-refractivity contribution in [3.8, 4) is 0 Å². The van der Waals surface area contributed by atoms with Crippen molar-refractivity contribution in [1.82, 2.24) is 25.3 Å². The molecular formula is C29H29N5O3. The van der Waals surface area contributed by atoms with Gasteiger partial charge in [0.05, 0.1) is 12.2 Å². The molecule has 2 heterocycles. The summed E-state index contributed by atoms with van der Waals surface area (Å²) in [5, 5.41) is 12.3. The Labute approximate surface area is 215 Å². The van der Waals surface area contributed by atoms with Gasteiger partial charge in [0.15, 0.2) is 0 Å². The Kier molecular flexibility index (Phi) is 6.25. The van der Waals surface area contributed by atoms with Crippen LogP contribution in [0.25, 0.3) is 10.8 Å². The minimum atomic E-state index is -1.24. The number of carbonyl (C=O) groups excluding carboxylic acids is 3. The van der Waals surface area contributed by atoms with Crippen molar-refractivity contribution < 1.29 is 14.4 Å². The van der Waals surface area contributed by atoms with E-state index in [0.29, 0.717) is 12.1 Å². The second kappa shape index (κ2) is 9.54. The van der Waals surface area contributed by atoms with E-state index in [4.69, 9.17) is 0 Å². The van der Waals surface area contributed by atoms with Crippen LogP contribution in [0, 0.1) is 13.8 Å². The van der Waals surface area contributed by atoms with E-state index in [1.807, 2.05) is 91.3 Å². The fourth-order valence-electron chi connectivity index (χ4n) is 4.82. The fourth-order valence-corrected chi connectivity index (χ4v) is 4.82. The van der Waals surface area contributed by atoms with Crippen LogP contribution < -0.4 is 10.6 Å². The second-order valence-electron chi connectivity index (χ2n) is 9.58. The highest BCUT2D eigenvalue weighted by Crippen LogP contribution is 2.31. The van der Waals surface area contributed by atoms with Crippen molar-refractivity contribution in [3.63, 3.8) is 0 Å². The number of hydrogen-bond donors (Lipinski definition) is 2. The first-order valence-electron chi connectivity index (χ1n) is 12.2. The molecule has 1 unspecified atom stereocenters. The predicted octanol–water partition coefficient (Wildman–Crippen LogP) is 3.78. The van der Waals surface area contributed by atoms with E-state index in [0.717, 1.165) is 38.2 Å². The van der Waals surface area contributed by atoms with Gasteiger partial charge in [0.25, 0.3) is 5.91 Å². The average molecular weight is 496 g/mol. The van der Waals surface area contributed by atoms with Crippen molar-refractivity contribution in [3.05, 3.63) is 101 Å². The quantitative estimate of drug-likeness (QED) is 0.382. The molecule has 37 heavy (non-hydrogen) atoms. The Bertz CT molecular complexity index is 1510. The van der Waals surface area contributed by atoms with Crippen LogP contribution in [-0.2, 0) is 28.2 Å². The molecule has 4 aromatic rings. The molecule has 0 radical (unpaired) electrons. The number of nitrogens with one attached hydrogen (secondary N) is 2. The molecule has 1 aromatic heterocycles. The molecule has 1 saturated heterocycles. The van der Waals surface area contributed by atoms with Crippen molar-refractivity contribution in [2.24, 2.45) is 0 Å². The number of fused-ring (bicyclic) bond motifs is 1. The standard InChI is InChI=1S/C29H29N5O3/c1-19-25(20(2)34(32-19)17-21-9-5-4-6-10-21)16-30-26(35)18-33-27(36)29(3,31-28(33)37)24-14-13-22-11-7-8-12-23(22)15-24/h4-15H,16-18H2,1-3H3,(H,30,35)(H,31,37). The first-order valence-corrected chi connectivity index (χ1v) is 12.2. The minimum Gasteiger partial charge on any atom is -0.350 e. The van der Waals surface area contributed by atoms with Crippen LogP contribution in [0.3, 0.4) is 0 Å². The van der Waals surface area contributed by atoms with E-state index in [1.165, 1.54) is 0 Å². The average Bonchev–Trinajstić information content (AvgIpc) is 3.29. The lowest BCUT2D eigenvalue weighted by Crippen LogP contribution is -2.43. The maximum atomic E-state index is 13.3. The number of amides is 4. The van der Waals surface area contributed by atoms with Gasteiger partial charge in [-0.25, -0.2) is 4.79 Å².